The minimum absolute atomic E-state index is 0.113. The Morgan fingerprint density at radius 2 is 1.62 bits per heavy atom. The molecule has 0 spiro atoms. The second-order valence-electron chi connectivity index (χ2n) is 10.6. The Balaban J connectivity index is 1.31. The van der Waals surface area contributed by atoms with Gasteiger partial charge in [-0.1, -0.05) is 50.3 Å². The van der Waals surface area contributed by atoms with Gasteiger partial charge in [0.15, 0.2) is 16.7 Å². The number of anilines is 1. The van der Waals surface area contributed by atoms with Crippen LogP contribution in [0.2, 0.25) is 0 Å². The third-order valence-corrected chi connectivity index (χ3v) is 9.16. The molecule has 0 N–H and O–H groups in total. The van der Waals surface area contributed by atoms with E-state index in [1.807, 2.05) is 66.7 Å². The number of ether oxygens (including phenoxy) is 3. The molecular formula is C37H33BrN2O4S. The van der Waals surface area contributed by atoms with Crippen LogP contribution in [-0.2, 0) is 30.7 Å². The number of halogens is 1. The smallest absolute Gasteiger partial charge is 0.271 e. The van der Waals surface area contributed by atoms with Crippen LogP contribution in [0, 0.1) is 0 Å². The molecule has 4 aromatic rings. The highest BCUT2D eigenvalue weighted by molar-refractivity contribution is 9.10. The number of nitrogens with zero attached hydrogens (tertiary/aromatic N) is 2. The van der Waals surface area contributed by atoms with Gasteiger partial charge in [-0.25, -0.2) is 4.99 Å². The first-order valence-corrected chi connectivity index (χ1v) is 16.5. The van der Waals surface area contributed by atoms with Crippen LogP contribution in [0.4, 0.5) is 11.4 Å². The minimum atomic E-state index is -0.113. The average Bonchev–Trinajstić information content (AvgIpc) is 3.64. The predicted molar refractivity (Wildman–Crippen MR) is 187 cm³/mol. The Hall–Kier alpha value is -4.27. The number of hydrogen-bond acceptors (Lipinski definition) is 6. The number of carbonyl (C=O) groups excluding carboxylic acids is 1. The number of amidine groups is 1. The first kappa shape index (κ1) is 30.7. The molecule has 2 aliphatic rings. The maximum atomic E-state index is 14.0. The Bertz CT molecular complexity index is 1800. The van der Waals surface area contributed by atoms with E-state index in [1.165, 1.54) is 22.9 Å². The number of allylic oxidation sites excluding steroid dienone is 1. The molecule has 1 fully saturated rings. The summed E-state index contributed by atoms with van der Waals surface area (Å²) in [5.74, 6) is 2.08. The molecular weight excluding hydrogens is 648 g/mol. The van der Waals surface area contributed by atoms with Crippen molar-refractivity contribution in [1.29, 1.82) is 0 Å². The molecule has 0 aliphatic carbocycles. The molecule has 45 heavy (non-hydrogen) atoms. The lowest BCUT2D eigenvalue weighted by Crippen LogP contribution is -2.28. The number of benzene rings is 4. The molecule has 2 aliphatic heterocycles. The van der Waals surface area contributed by atoms with Crippen molar-refractivity contribution in [2.75, 3.05) is 11.7 Å². The lowest BCUT2D eigenvalue weighted by atomic mass is 10.1. The van der Waals surface area contributed by atoms with Gasteiger partial charge in [0.1, 0.15) is 12.4 Å². The number of hydrogen-bond donors (Lipinski definition) is 0. The summed E-state index contributed by atoms with van der Waals surface area (Å²) in [5.41, 5.74) is 6.85. The van der Waals surface area contributed by atoms with E-state index in [9.17, 15) is 4.79 Å². The summed E-state index contributed by atoms with van der Waals surface area (Å²) in [6.07, 6.45) is 6.25. The first-order chi connectivity index (χ1) is 21.9. The zero-order chi connectivity index (χ0) is 31.3. The van der Waals surface area contributed by atoms with Crippen molar-refractivity contribution < 1.29 is 19.0 Å². The molecule has 0 saturated carbocycles. The van der Waals surface area contributed by atoms with Gasteiger partial charge in [0, 0.05) is 0 Å². The highest BCUT2D eigenvalue weighted by Crippen LogP contribution is 2.40. The lowest BCUT2D eigenvalue weighted by Gasteiger charge is -2.16. The molecule has 6 rings (SSSR count). The van der Waals surface area contributed by atoms with Crippen LogP contribution in [0.3, 0.4) is 0 Å². The number of aryl methyl sites for hydroxylation is 2. The molecule has 0 aromatic heterocycles. The maximum absolute atomic E-state index is 14.0. The first-order valence-electron chi connectivity index (χ1n) is 14.9. The van der Waals surface area contributed by atoms with Crippen LogP contribution in [0.5, 0.6) is 17.2 Å². The molecule has 1 saturated heterocycles. The number of rotatable bonds is 10. The molecule has 4 aromatic carbocycles. The molecule has 0 atom stereocenters. The second-order valence-corrected chi connectivity index (χ2v) is 12.5. The van der Waals surface area contributed by atoms with Gasteiger partial charge in [0.2, 0.25) is 6.79 Å². The largest absolute Gasteiger partial charge is 0.487 e. The van der Waals surface area contributed by atoms with E-state index in [2.05, 4.69) is 60.6 Å². The fourth-order valence-electron chi connectivity index (χ4n) is 5.14. The van der Waals surface area contributed by atoms with E-state index in [-0.39, 0.29) is 12.7 Å². The highest BCUT2D eigenvalue weighted by atomic mass is 79.9. The van der Waals surface area contributed by atoms with E-state index >= 15 is 0 Å². The van der Waals surface area contributed by atoms with Gasteiger partial charge in [0.25, 0.3) is 5.91 Å². The van der Waals surface area contributed by atoms with Crippen molar-refractivity contribution in [3.63, 3.8) is 0 Å². The Kier molecular flexibility index (Phi) is 9.42. The zero-order valence-electron chi connectivity index (χ0n) is 25.2. The Morgan fingerprint density at radius 1 is 0.933 bits per heavy atom. The summed E-state index contributed by atoms with van der Waals surface area (Å²) in [7, 11) is 0. The fourth-order valence-corrected chi connectivity index (χ4v) is 6.77. The summed E-state index contributed by atoms with van der Waals surface area (Å²) in [6, 6.07) is 26.1. The minimum Gasteiger partial charge on any atom is -0.487 e. The molecule has 1 amide bonds. The predicted octanol–water partition coefficient (Wildman–Crippen LogP) is 9.42. The number of amides is 1. The van der Waals surface area contributed by atoms with Crippen LogP contribution >= 0.6 is 27.7 Å². The Labute approximate surface area is 276 Å². The number of carbonyl (C=O) groups is 1. The summed E-state index contributed by atoms with van der Waals surface area (Å²) in [6.45, 7) is 8.78. The summed E-state index contributed by atoms with van der Waals surface area (Å²) in [4.78, 5) is 21.2. The molecule has 6 nitrogen and oxygen atoms in total. The molecule has 0 unspecified atom stereocenters. The van der Waals surface area contributed by atoms with E-state index in [0.717, 1.165) is 62.6 Å². The standard InChI is InChI=1S/C37H33BrN2O4S/c1-4-7-28-18-27(19-31(38)35(28)42-22-26-12-17-32-33(20-26)44-23-43-32)21-34-36(41)40(30-15-10-25(6-3)11-16-30)37(45-34)39-29-13-8-24(5-2)9-14-29/h4,8-21H,1,5-7,22-23H2,2-3H3/b34-21-,39-37?. The van der Waals surface area contributed by atoms with E-state index in [0.29, 0.717) is 23.1 Å². The van der Waals surface area contributed by atoms with Crippen molar-refractivity contribution in [2.45, 2.75) is 39.7 Å². The van der Waals surface area contributed by atoms with Crippen LogP contribution in [0.15, 0.2) is 106 Å². The second kappa shape index (κ2) is 13.8. The summed E-state index contributed by atoms with van der Waals surface area (Å²) < 4.78 is 18.0. The summed E-state index contributed by atoms with van der Waals surface area (Å²) >= 11 is 5.10. The lowest BCUT2D eigenvalue weighted by molar-refractivity contribution is -0.113. The van der Waals surface area contributed by atoms with Crippen molar-refractivity contribution in [3.8, 4) is 17.2 Å². The molecule has 0 bridgehead atoms. The number of fused-ring (bicyclic) bond motifs is 1. The SMILES string of the molecule is C=CCc1cc(/C=C2\SC(=Nc3ccc(CC)cc3)N(c3ccc(CC)cc3)C2=O)cc(Br)c1OCc1ccc2c(c1)OCO2. The highest BCUT2D eigenvalue weighted by Gasteiger charge is 2.35. The summed E-state index contributed by atoms with van der Waals surface area (Å²) in [5, 5.41) is 0.619. The normalized spacial score (nSPS) is 15.7. The van der Waals surface area contributed by atoms with Gasteiger partial charge in [-0.05, 0) is 129 Å². The van der Waals surface area contributed by atoms with Crippen LogP contribution in [0.1, 0.15) is 41.7 Å². The van der Waals surface area contributed by atoms with Gasteiger partial charge < -0.3 is 14.2 Å². The quantitative estimate of drug-likeness (QED) is 0.123. The van der Waals surface area contributed by atoms with Crippen molar-refractivity contribution in [2.24, 2.45) is 4.99 Å². The number of thioether (sulfide) groups is 1. The van der Waals surface area contributed by atoms with Crippen molar-refractivity contribution in [1.82, 2.24) is 0 Å². The monoisotopic (exact) mass is 680 g/mol. The van der Waals surface area contributed by atoms with Crippen LogP contribution in [0.25, 0.3) is 6.08 Å². The third-order valence-electron chi connectivity index (χ3n) is 7.60. The molecule has 2 heterocycles. The van der Waals surface area contributed by atoms with Gasteiger partial charge in [-0.3, -0.25) is 9.69 Å². The average molecular weight is 682 g/mol. The van der Waals surface area contributed by atoms with Gasteiger partial charge in [-0.2, -0.15) is 0 Å². The van der Waals surface area contributed by atoms with E-state index in [4.69, 9.17) is 19.2 Å². The molecule has 8 heteroatoms. The van der Waals surface area contributed by atoms with Crippen molar-refractivity contribution in [3.05, 3.63) is 129 Å². The zero-order valence-corrected chi connectivity index (χ0v) is 27.6. The topological polar surface area (TPSA) is 60.4 Å². The maximum Gasteiger partial charge on any atom is 0.271 e. The Morgan fingerprint density at radius 3 is 2.33 bits per heavy atom. The van der Waals surface area contributed by atoms with Gasteiger partial charge >= 0.3 is 0 Å². The fraction of sp³-hybridized carbons (Fsp3) is 0.189. The third kappa shape index (κ3) is 6.87. The van der Waals surface area contributed by atoms with Gasteiger partial charge in [0.05, 0.1) is 20.8 Å². The van der Waals surface area contributed by atoms with Gasteiger partial charge in [-0.15, -0.1) is 6.58 Å². The van der Waals surface area contributed by atoms with Crippen molar-refractivity contribution >= 4 is 56.2 Å². The van der Waals surface area contributed by atoms with Crippen LogP contribution < -0.4 is 19.1 Å². The van der Waals surface area contributed by atoms with Crippen LogP contribution in [-0.4, -0.2) is 17.9 Å². The van der Waals surface area contributed by atoms with E-state index < -0.39 is 0 Å². The van der Waals surface area contributed by atoms with E-state index in [1.54, 1.807) is 4.90 Å². The number of aliphatic imine (C=N–C) groups is 1. The molecule has 228 valence electrons. The molecule has 0 radical (unpaired) electrons.